The van der Waals surface area contributed by atoms with Crippen molar-refractivity contribution >= 4 is 70.4 Å². The summed E-state index contributed by atoms with van der Waals surface area (Å²) < 4.78 is 5.06. The first-order valence-corrected chi connectivity index (χ1v) is 25.2. The smallest absolute Gasteiger partial charge is 0.0562 e. The molecule has 67 heavy (non-hydrogen) atoms. The lowest BCUT2D eigenvalue weighted by Crippen LogP contribution is -2.55. The molecule has 0 radical (unpaired) electrons. The highest BCUT2D eigenvalue weighted by Gasteiger charge is 2.61. The average Bonchev–Trinajstić information content (AvgIpc) is 4.03. The zero-order chi connectivity index (χ0) is 43.8. The SMILES string of the molecule is c1ccc(-c2ccc(N(c3ccc4sc5cccc(-c6ccc7c(c6)-c6ccccc6C76C7CC8CC(C7)CC6C8)c5c4c3)c3cccc4c3c3ccccc3n4-c3ccccc3)cc2)cc1. The minimum atomic E-state index is 0.173. The molecule has 16 rings (SSSR count). The van der Waals surface area contributed by atoms with Gasteiger partial charge in [0.05, 0.1) is 16.7 Å². The predicted octanol–water partition coefficient (Wildman–Crippen LogP) is 17.7. The van der Waals surface area contributed by atoms with Crippen molar-refractivity contribution in [1.82, 2.24) is 4.57 Å². The summed E-state index contributed by atoms with van der Waals surface area (Å²) in [7, 11) is 0. The van der Waals surface area contributed by atoms with Crippen molar-refractivity contribution < 1.29 is 0 Å². The highest BCUT2D eigenvalue weighted by atomic mass is 32.1. The molecule has 5 aliphatic carbocycles. The van der Waals surface area contributed by atoms with Gasteiger partial charge in [0.1, 0.15) is 0 Å². The molecular weight excluding hydrogens is 829 g/mol. The fraction of sp³-hybridized carbons (Fsp3) is 0.156. The molecule has 11 aromatic rings. The summed E-state index contributed by atoms with van der Waals surface area (Å²) in [5.74, 6) is 3.39. The van der Waals surface area contributed by atoms with Gasteiger partial charge >= 0.3 is 0 Å². The van der Waals surface area contributed by atoms with Crippen LogP contribution >= 0.6 is 11.3 Å². The maximum Gasteiger partial charge on any atom is 0.0562 e. The van der Waals surface area contributed by atoms with Crippen LogP contribution in [-0.4, -0.2) is 4.57 Å². The molecule has 320 valence electrons. The molecule has 0 atom stereocenters. The fourth-order valence-corrected chi connectivity index (χ4v) is 15.5. The standard InChI is InChI=1S/C64H48N2S/c1-3-13-42(14-4-1)43-25-28-48(29-26-43)65(58-22-12-23-59-63(58)52-18-8-10-21-57(52)66(59)47-15-5-2-6-16-47)49-30-32-60-54(39-49)62-50(19-11-24-61(62)67-60)44-27-31-56-53(38-44)51-17-7-9-20-55(51)64(56)45-34-40-33-41(36-45)37-46(64)35-40/h1-32,38-41,45-46H,33-37H2. The fourth-order valence-electron chi connectivity index (χ4n) is 14.4. The third-order valence-corrected chi connectivity index (χ3v) is 17.9. The second-order valence-electron chi connectivity index (χ2n) is 20.0. The maximum atomic E-state index is 2.58. The van der Waals surface area contributed by atoms with Crippen molar-refractivity contribution in [3.63, 3.8) is 0 Å². The monoisotopic (exact) mass is 876 g/mol. The van der Waals surface area contributed by atoms with Crippen LogP contribution in [0.3, 0.4) is 0 Å². The van der Waals surface area contributed by atoms with Crippen LogP contribution in [0.4, 0.5) is 17.1 Å². The van der Waals surface area contributed by atoms with Gasteiger partial charge in [0.15, 0.2) is 0 Å². The summed E-state index contributed by atoms with van der Waals surface area (Å²) >= 11 is 1.91. The summed E-state index contributed by atoms with van der Waals surface area (Å²) in [6, 6.07) is 77.8. The van der Waals surface area contributed by atoms with E-state index in [1.54, 1.807) is 11.1 Å². The molecule has 4 bridgehead atoms. The number of hydrogen-bond acceptors (Lipinski definition) is 2. The lowest BCUT2D eigenvalue weighted by Gasteiger charge is -2.61. The van der Waals surface area contributed by atoms with E-state index in [-0.39, 0.29) is 5.41 Å². The van der Waals surface area contributed by atoms with Crippen molar-refractivity contribution in [2.24, 2.45) is 23.7 Å². The summed E-state index contributed by atoms with van der Waals surface area (Å²) in [5.41, 5.74) is 18.4. The van der Waals surface area contributed by atoms with E-state index in [0.717, 1.165) is 46.4 Å². The molecule has 9 aromatic carbocycles. The number of hydrogen-bond donors (Lipinski definition) is 0. The molecule has 4 fully saturated rings. The molecule has 0 N–H and O–H groups in total. The van der Waals surface area contributed by atoms with Gasteiger partial charge in [0, 0.05) is 53.4 Å². The van der Waals surface area contributed by atoms with Gasteiger partial charge in [-0.2, -0.15) is 0 Å². The molecule has 0 unspecified atom stereocenters. The Morgan fingerprint density at radius 3 is 1.88 bits per heavy atom. The normalized spacial score (nSPS) is 21.2. The topological polar surface area (TPSA) is 8.17 Å². The Hall–Kier alpha value is -7.20. The second-order valence-corrected chi connectivity index (χ2v) is 21.1. The van der Waals surface area contributed by atoms with Crippen LogP contribution in [0.1, 0.15) is 43.2 Å². The van der Waals surface area contributed by atoms with Crippen LogP contribution in [0.15, 0.2) is 206 Å². The van der Waals surface area contributed by atoms with Crippen molar-refractivity contribution in [1.29, 1.82) is 0 Å². The highest BCUT2D eigenvalue weighted by molar-refractivity contribution is 7.26. The van der Waals surface area contributed by atoms with Gasteiger partial charge in [-0.15, -0.1) is 11.3 Å². The van der Waals surface area contributed by atoms with Gasteiger partial charge in [0.25, 0.3) is 0 Å². The summed E-state index contributed by atoms with van der Waals surface area (Å²) in [6.45, 7) is 0. The zero-order valence-corrected chi connectivity index (χ0v) is 38.1. The zero-order valence-electron chi connectivity index (χ0n) is 37.3. The number of fused-ring (bicyclic) bond motifs is 9. The van der Waals surface area contributed by atoms with Crippen LogP contribution in [0.5, 0.6) is 0 Å². The quantitative estimate of drug-likeness (QED) is 0.162. The molecule has 5 aliphatic rings. The number of benzene rings is 9. The molecule has 4 saturated carbocycles. The Labute approximate surface area is 395 Å². The largest absolute Gasteiger partial charge is 0.310 e. The predicted molar refractivity (Wildman–Crippen MR) is 282 cm³/mol. The molecular formula is C64H48N2S. The number of thiophene rings is 1. The Balaban J connectivity index is 0.927. The Bertz CT molecular complexity index is 3740. The molecule has 3 heteroatoms. The van der Waals surface area contributed by atoms with Gasteiger partial charge in [0.2, 0.25) is 0 Å². The van der Waals surface area contributed by atoms with Gasteiger partial charge in [-0.25, -0.2) is 0 Å². The summed E-state index contributed by atoms with van der Waals surface area (Å²) in [4.78, 5) is 2.50. The molecule has 2 nitrogen and oxygen atoms in total. The van der Waals surface area contributed by atoms with Crippen LogP contribution in [0, 0.1) is 23.7 Å². The van der Waals surface area contributed by atoms with Crippen LogP contribution in [0.2, 0.25) is 0 Å². The first kappa shape index (κ1) is 38.0. The molecule has 0 aliphatic heterocycles. The van der Waals surface area contributed by atoms with Crippen LogP contribution < -0.4 is 4.90 Å². The van der Waals surface area contributed by atoms with E-state index in [2.05, 4.69) is 216 Å². The number of para-hydroxylation sites is 2. The van der Waals surface area contributed by atoms with Crippen molar-refractivity contribution in [2.45, 2.75) is 37.5 Å². The van der Waals surface area contributed by atoms with Gasteiger partial charge < -0.3 is 9.47 Å². The minimum absolute atomic E-state index is 0.173. The number of anilines is 3. The minimum Gasteiger partial charge on any atom is -0.310 e. The van der Waals surface area contributed by atoms with E-state index in [1.807, 2.05) is 11.3 Å². The highest BCUT2D eigenvalue weighted by Crippen LogP contribution is 2.69. The second kappa shape index (κ2) is 14.4. The maximum absolute atomic E-state index is 2.58. The van der Waals surface area contributed by atoms with Crippen molar-refractivity contribution in [3.05, 3.63) is 217 Å². The van der Waals surface area contributed by atoms with Crippen molar-refractivity contribution in [2.75, 3.05) is 4.90 Å². The molecule has 2 aromatic heterocycles. The van der Waals surface area contributed by atoms with E-state index < -0.39 is 0 Å². The lowest BCUT2D eigenvalue weighted by atomic mass is 9.43. The Kier molecular flexibility index (Phi) is 8.16. The average molecular weight is 877 g/mol. The first-order chi connectivity index (χ1) is 33.2. The molecule has 2 heterocycles. The number of aromatic nitrogens is 1. The molecule has 0 amide bonds. The van der Waals surface area contributed by atoms with E-state index in [1.165, 1.54) is 107 Å². The third-order valence-electron chi connectivity index (χ3n) is 16.8. The molecule has 1 spiro atoms. The number of rotatable bonds is 6. The van der Waals surface area contributed by atoms with E-state index in [4.69, 9.17) is 0 Å². The first-order valence-electron chi connectivity index (χ1n) is 24.4. The van der Waals surface area contributed by atoms with Crippen LogP contribution in [-0.2, 0) is 5.41 Å². The lowest BCUT2D eigenvalue weighted by molar-refractivity contribution is -0.0399. The van der Waals surface area contributed by atoms with Crippen molar-refractivity contribution in [3.8, 4) is 39.1 Å². The molecule has 0 saturated heterocycles. The van der Waals surface area contributed by atoms with E-state index in [9.17, 15) is 0 Å². The van der Waals surface area contributed by atoms with E-state index >= 15 is 0 Å². The number of nitrogens with zero attached hydrogens (tertiary/aromatic N) is 2. The van der Waals surface area contributed by atoms with Crippen LogP contribution in [0.25, 0.3) is 81.0 Å². The summed E-state index contributed by atoms with van der Waals surface area (Å²) in [6.07, 6.45) is 7.10. The van der Waals surface area contributed by atoms with Gasteiger partial charge in [-0.1, -0.05) is 133 Å². The van der Waals surface area contributed by atoms with Gasteiger partial charge in [-0.3, -0.25) is 0 Å². The Morgan fingerprint density at radius 1 is 0.418 bits per heavy atom. The van der Waals surface area contributed by atoms with E-state index in [0.29, 0.717) is 0 Å². The summed E-state index contributed by atoms with van der Waals surface area (Å²) in [5, 5.41) is 5.12. The van der Waals surface area contributed by atoms with Gasteiger partial charge in [-0.05, 0) is 173 Å². The third kappa shape index (κ3) is 5.44. The Morgan fingerprint density at radius 2 is 1.06 bits per heavy atom.